The highest BCUT2D eigenvalue weighted by molar-refractivity contribution is 5.89. The van der Waals surface area contributed by atoms with Gasteiger partial charge in [-0.2, -0.15) is 0 Å². The number of hydrogen-bond donors (Lipinski definition) is 1. The van der Waals surface area contributed by atoms with Crippen LogP contribution in [0.4, 0.5) is 10.5 Å². The maximum atomic E-state index is 12.5. The molecule has 26 heavy (non-hydrogen) atoms. The van der Waals surface area contributed by atoms with E-state index in [-0.39, 0.29) is 17.6 Å². The first-order chi connectivity index (χ1) is 12.3. The SMILES string of the molecule is Cc1cccc(OC2CCN(C(=O)Nc3ccc(C(C)(C)C)cc3)C2)n1. The largest absolute Gasteiger partial charge is 0.472 e. The molecule has 2 heterocycles. The minimum absolute atomic E-state index is 0.0154. The number of benzene rings is 1. The van der Waals surface area contributed by atoms with E-state index < -0.39 is 0 Å². The number of urea groups is 1. The van der Waals surface area contributed by atoms with Crippen LogP contribution in [0.3, 0.4) is 0 Å². The minimum Gasteiger partial charge on any atom is -0.472 e. The maximum Gasteiger partial charge on any atom is 0.321 e. The summed E-state index contributed by atoms with van der Waals surface area (Å²) in [7, 11) is 0. The van der Waals surface area contributed by atoms with Gasteiger partial charge in [0.2, 0.25) is 5.88 Å². The van der Waals surface area contributed by atoms with Crippen molar-refractivity contribution in [2.75, 3.05) is 18.4 Å². The fraction of sp³-hybridized carbons (Fsp3) is 0.429. The molecule has 3 rings (SSSR count). The fourth-order valence-electron chi connectivity index (χ4n) is 3.02. The molecule has 2 amide bonds. The van der Waals surface area contributed by atoms with Crippen molar-refractivity contribution in [3.8, 4) is 5.88 Å². The van der Waals surface area contributed by atoms with Crippen molar-refractivity contribution in [2.45, 2.75) is 45.6 Å². The van der Waals surface area contributed by atoms with Crippen LogP contribution in [0, 0.1) is 6.92 Å². The Kier molecular flexibility index (Phi) is 5.16. The van der Waals surface area contributed by atoms with Crippen molar-refractivity contribution in [1.82, 2.24) is 9.88 Å². The summed E-state index contributed by atoms with van der Waals surface area (Å²) in [5, 5.41) is 2.97. The van der Waals surface area contributed by atoms with E-state index in [1.165, 1.54) is 5.56 Å². The number of ether oxygens (including phenoxy) is 1. The molecule has 1 unspecified atom stereocenters. The number of aryl methyl sites for hydroxylation is 1. The molecule has 1 aromatic carbocycles. The summed E-state index contributed by atoms with van der Waals surface area (Å²) in [6, 6.07) is 13.7. The second kappa shape index (κ2) is 7.36. The van der Waals surface area contributed by atoms with Crippen LogP contribution < -0.4 is 10.1 Å². The molecule has 5 nitrogen and oxygen atoms in total. The molecule has 1 aliphatic rings. The van der Waals surface area contributed by atoms with Crippen molar-refractivity contribution < 1.29 is 9.53 Å². The molecule has 0 radical (unpaired) electrons. The third kappa shape index (κ3) is 4.54. The third-order valence-electron chi connectivity index (χ3n) is 4.58. The van der Waals surface area contributed by atoms with E-state index in [4.69, 9.17) is 4.74 Å². The second-order valence-corrected chi connectivity index (χ2v) is 7.85. The van der Waals surface area contributed by atoms with Crippen LogP contribution in [0.2, 0.25) is 0 Å². The van der Waals surface area contributed by atoms with Gasteiger partial charge in [-0.25, -0.2) is 9.78 Å². The zero-order valence-corrected chi connectivity index (χ0v) is 16.0. The highest BCUT2D eigenvalue weighted by atomic mass is 16.5. The molecule has 1 aromatic heterocycles. The zero-order chi connectivity index (χ0) is 18.7. The van der Waals surface area contributed by atoms with Crippen LogP contribution in [0.25, 0.3) is 0 Å². The van der Waals surface area contributed by atoms with Crippen LogP contribution in [0.5, 0.6) is 5.88 Å². The molecule has 1 fully saturated rings. The quantitative estimate of drug-likeness (QED) is 0.891. The van der Waals surface area contributed by atoms with Gasteiger partial charge in [-0.15, -0.1) is 0 Å². The van der Waals surface area contributed by atoms with E-state index in [1.807, 2.05) is 37.3 Å². The lowest BCUT2D eigenvalue weighted by Gasteiger charge is -2.20. The van der Waals surface area contributed by atoms with Gasteiger partial charge >= 0.3 is 6.03 Å². The molecule has 1 aliphatic heterocycles. The summed E-state index contributed by atoms with van der Waals surface area (Å²) in [5.74, 6) is 0.620. The van der Waals surface area contributed by atoms with Gasteiger partial charge in [0.05, 0.1) is 6.54 Å². The summed E-state index contributed by atoms with van der Waals surface area (Å²) in [5.41, 5.74) is 3.09. The molecule has 1 N–H and O–H groups in total. The standard InChI is InChI=1S/C21H27N3O2/c1-15-6-5-7-19(22-15)26-18-12-13-24(14-18)20(25)23-17-10-8-16(9-11-17)21(2,3)4/h5-11,18H,12-14H2,1-4H3,(H,23,25). The van der Waals surface area contributed by atoms with Crippen LogP contribution in [-0.2, 0) is 5.41 Å². The highest BCUT2D eigenvalue weighted by Crippen LogP contribution is 2.24. The minimum atomic E-state index is -0.0863. The first-order valence-electron chi connectivity index (χ1n) is 9.08. The number of carbonyl (C=O) groups excluding carboxylic acids is 1. The molecular formula is C21H27N3O2. The molecule has 0 spiro atoms. The molecule has 1 atom stereocenters. The number of amides is 2. The molecule has 2 aromatic rings. The molecule has 0 bridgehead atoms. The van der Waals surface area contributed by atoms with Crippen molar-refractivity contribution in [1.29, 1.82) is 0 Å². The predicted molar refractivity (Wildman–Crippen MR) is 104 cm³/mol. The molecule has 138 valence electrons. The van der Waals surface area contributed by atoms with E-state index in [0.717, 1.165) is 17.8 Å². The van der Waals surface area contributed by atoms with Crippen molar-refractivity contribution in [2.24, 2.45) is 0 Å². The zero-order valence-electron chi connectivity index (χ0n) is 16.0. The Bertz CT molecular complexity index is 766. The number of carbonyl (C=O) groups is 1. The van der Waals surface area contributed by atoms with Gasteiger partial charge in [-0.3, -0.25) is 0 Å². The molecule has 0 saturated carbocycles. The van der Waals surface area contributed by atoms with E-state index in [9.17, 15) is 4.79 Å². The third-order valence-corrected chi connectivity index (χ3v) is 4.58. The van der Waals surface area contributed by atoms with Crippen LogP contribution in [0.15, 0.2) is 42.5 Å². The van der Waals surface area contributed by atoms with Crippen molar-refractivity contribution >= 4 is 11.7 Å². The van der Waals surface area contributed by atoms with Crippen molar-refractivity contribution in [3.05, 3.63) is 53.7 Å². The Hall–Kier alpha value is -2.56. The van der Waals surface area contributed by atoms with Crippen LogP contribution >= 0.6 is 0 Å². The first kappa shape index (κ1) is 18.2. The summed E-state index contributed by atoms with van der Waals surface area (Å²) in [4.78, 5) is 18.6. The predicted octanol–water partition coefficient (Wildman–Crippen LogP) is 4.37. The number of nitrogens with one attached hydrogen (secondary N) is 1. The maximum absolute atomic E-state index is 12.5. The normalized spacial score (nSPS) is 17.2. The monoisotopic (exact) mass is 353 g/mol. The van der Waals surface area contributed by atoms with Crippen LogP contribution in [-0.4, -0.2) is 35.1 Å². The summed E-state index contributed by atoms with van der Waals surface area (Å²) >= 11 is 0. The number of rotatable bonds is 3. The summed E-state index contributed by atoms with van der Waals surface area (Å²) in [6.07, 6.45) is 0.796. The summed E-state index contributed by atoms with van der Waals surface area (Å²) in [6.45, 7) is 9.71. The number of pyridine rings is 1. The van der Waals surface area contributed by atoms with E-state index in [0.29, 0.717) is 19.0 Å². The first-order valence-corrected chi connectivity index (χ1v) is 9.08. The Morgan fingerprint density at radius 2 is 1.92 bits per heavy atom. The van der Waals surface area contributed by atoms with Gasteiger partial charge in [0.1, 0.15) is 6.10 Å². The Balaban J connectivity index is 1.54. The van der Waals surface area contributed by atoms with Gasteiger partial charge in [-0.05, 0) is 36.1 Å². The Labute approximate surface area is 155 Å². The topological polar surface area (TPSA) is 54.5 Å². The highest BCUT2D eigenvalue weighted by Gasteiger charge is 2.28. The number of aromatic nitrogens is 1. The summed E-state index contributed by atoms with van der Waals surface area (Å²) < 4.78 is 5.91. The molecule has 1 saturated heterocycles. The average molecular weight is 353 g/mol. The van der Waals surface area contributed by atoms with E-state index >= 15 is 0 Å². The second-order valence-electron chi connectivity index (χ2n) is 7.85. The van der Waals surface area contributed by atoms with Gasteiger partial charge < -0.3 is 15.0 Å². The molecule has 0 aliphatic carbocycles. The van der Waals surface area contributed by atoms with Gasteiger partial charge in [0, 0.05) is 30.4 Å². The van der Waals surface area contributed by atoms with E-state index in [2.05, 4.69) is 43.2 Å². The van der Waals surface area contributed by atoms with Crippen LogP contribution in [0.1, 0.15) is 38.4 Å². The lowest BCUT2D eigenvalue weighted by Crippen LogP contribution is -2.34. The number of nitrogens with zero attached hydrogens (tertiary/aromatic N) is 2. The van der Waals surface area contributed by atoms with Gasteiger partial charge in [0.15, 0.2) is 0 Å². The number of likely N-dealkylation sites (tertiary alicyclic amines) is 1. The lowest BCUT2D eigenvalue weighted by molar-refractivity contribution is 0.189. The smallest absolute Gasteiger partial charge is 0.321 e. The Morgan fingerprint density at radius 1 is 1.19 bits per heavy atom. The van der Waals surface area contributed by atoms with Gasteiger partial charge in [-0.1, -0.05) is 39.0 Å². The van der Waals surface area contributed by atoms with E-state index in [1.54, 1.807) is 4.90 Å². The van der Waals surface area contributed by atoms with Crippen molar-refractivity contribution in [3.63, 3.8) is 0 Å². The number of anilines is 1. The lowest BCUT2D eigenvalue weighted by atomic mass is 9.87. The molecular weight excluding hydrogens is 326 g/mol. The Morgan fingerprint density at radius 3 is 2.58 bits per heavy atom. The van der Waals surface area contributed by atoms with Gasteiger partial charge in [0.25, 0.3) is 0 Å². The number of hydrogen-bond acceptors (Lipinski definition) is 3. The fourth-order valence-corrected chi connectivity index (χ4v) is 3.02. The average Bonchev–Trinajstić information content (AvgIpc) is 3.03. The molecule has 5 heteroatoms.